The molecule has 1 aromatic carbocycles. The number of aromatic nitrogens is 6. The topological polar surface area (TPSA) is 94.5 Å². The molecule has 0 aliphatic rings. The molecule has 0 fully saturated rings. The number of fused-ring (bicyclic) bond motifs is 3. The van der Waals surface area contributed by atoms with Crippen molar-refractivity contribution in [3.63, 3.8) is 0 Å². The molecular formula is C24H25N7O2. The molecule has 168 valence electrons. The first-order valence-electron chi connectivity index (χ1n) is 11.0. The highest BCUT2D eigenvalue weighted by molar-refractivity contribution is 5.96. The van der Waals surface area contributed by atoms with Gasteiger partial charge in [0, 0.05) is 29.6 Å². The van der Waals surface area contributed by atoms with E-state index < -0.39 is 0 Å². The van der Waals surface area contributed by atoms with Crippen LogP contribution in [0.1, 0.15) is 30.9 Å². The average Bonchev–Trinajstić information content (AvgIpc) is 3.47. The first kappa shape index (κ1) is 21.0. The van der Waals surface area contributed by atoms with Gasteiger partial charge in [-0.3, -0.25) is 9.88 Å². The molecule has 0 atom stereocenters. The van der Waals surface area contributed by atoms with Crippen molar-refractivity contribution in [2.24, 2.45) is 0 Å². The highest BCUT2D eigenvalue weighted by Gasteiger charge is 2.18. The van der Waals surface area contributed by atoms with E-state index in [2.05, 4.69) is 45.2 Å². The minimum Gasteiger partial charge on any atom is -0.470 e. The molecule has 0 aliphatic carbocycles. The van der Waals surface area contributed by atoms with Gasteiger partial charge in [-0.1, -0.05) is 43.3 Å². The SMILES string of the molecule is CCN(CC)Cc1ccc(COc2nn3c(-c4cc(C)on4)nnc3c3ccccc23)nc1. The van der Waals surface area contributed by atoms with E-state index in [0.717, 1.165) is 36.1 Å². The van der Waals surface area contributed by atoms with Crippen LogP contribution in [0.15, 0.2) is 53.2 Å². The van der Waals surface area contributed by atoms with Crippen molar-refractivity contribution in [2.45, 2.75) is 33.9 Å². The summed E-state index contributed by atoms with van der Waals surface area (Å²) >= 11 is 0. The lowest BCUT2D eigenvalue weighted by Gasteiger charge is -2.17. The fourth-order valence-corrected chi connectivity index (χ4v) is 3.77. The number of aryl methyl sites for hydroxylation is 1. The zero-order valence-corrected chi connectivity index (χ0v) is 18.9. The molecular weight excluding hydrogens is 418 g/mol. The molecule has 4 aromatic heterocycles. The first-order valence-corrected chi connectivity index (χ1v) is 11.0. The largest absolute Gasteiger partial charge is 0.470 e. The number of benzene rings is 1. The third-order valence-corrected chi connectivity index (χ3v) is 5.63. The molecule has 0 N–H and O–H groups in total. The lowest BCUT2D eigenvalue weighted by Crippen LogP contribution is -2.22. The van der Waals surface area contributed by atoms with Gasteiger partial charge in [-0.25, -0.2) is 0 Å². The number of pyridine rings is 1. The number of ether oxygens (including phenoxy) is 1. The standard InChI is InChI=1S/C24H25N7O2/c1-4-30(5-2)14-17-10-11-18(25-13-17)15-32-24-20-9-7-6-8-19(20)22-26-27-23(31(22)28-24)21-12-16(3)33-29-21/h6-13H,4-5,14-15H2,1-3H3. The fourth-order valence-electron chi connectivity index (χ4n) is 3.77. The highest BCUT2D eigenvalue weighted by Crippen LogP contribution is 2.29. The van der Waals surface area contributed by atoms with Crippen LogP contribution in [0.3, 0.4) is 0 Å². The van der Waals surface area contributed by atoms with Crippen LogP contribution < -0.4 is 4.74 Å². The summed E-state index contributed by atoms with van der Waals surface area (Å²) in [6.07, 6.45) is 1.91. The van der Waals surface area contributed by atoms with Crippen molar-refractivity contribution in [2.75, 3.05) is 13.1 Å². The van der Waals surface area contributed by atoms with Gasteiger partial charge in [-0.15, -0.1) is 15.3 Å². The lowest BCUT2D eigenvalue weighted by molar-refractivity contribution is 0.287. The second-order valence-corrected chi connectivity index (χ2v) is 7.84. The Morgan fingerprint density at radius 3 is 2.55 bits per heavy atom. The summed E-state index contributed by atoms with van der Waals surface area (Å²) in [7, 11) is 0. The number of nitrogens with zero attached hydrogens (tertiary/aromatic N) is 7. The van der Waals surface area contributed by atoms with E-state index in [0.29, 0.717) is 35.4 Å². The van der Waals surface area contributed by atoms with Crippen LogP contribution in [0.4, 0.5) is 0 Å². The van der Waals surface area contributed by atoms with Crippen LogP contribution in [-0.2, 0) is 13.2 Å². The molecule has 0 spiro atoms. The minimum atomic E-state index is 0.300. The molecule has 0 aliphatic heterocycles. The van der Waals surface area contributed by atoms with Gasteiger partial charge in [0.25, 0.3) is 0 Å². The van der Waals surface area contributed by atoms with Crippen molar-refractivity contribution in [1.82, 2.24) is 34.9 Å². The number of hydrogen-bond donors (Lipinski definition) is 0. The summed E-state index contributed by atoms with van der Waals surface area (Å²) in [6.45, 7) is 9.38. The van der Waals surface area contributed by atoms with Gasteiger partial charge in [0.1, 0.15) is 12.4 Å². The summed E-state index contributed by atoms with van der Waals surface area (Å²) in [5.41, 5.74) is 3.22. The Morgan fingerprint density at radius 2 is 1.85 bits per heavy atom. The highest BCUT2D eigenvalue weighted by atomic mass is 16.5. The molecule has 0 amide bonds. The van der Waals surface area contributed by atoms with Crippen molar-refractivity contribution >= 4 is 16.4 Å². The van der Waals surface area contributed by atoms with Crippen LogP contribution in [0.5, 0.6) is 5.88 Å². The summed E-state index contributed by atoms with van der Waals surface area (Å²) in [5.74, 6) is 1.67. The van der Waals surface area contributed by atoms with Crippen LogP contribution in [0, 0.1) is 6.92 Å². The van der Waals surface area contributed by atoms with E-state index >= 15 is 0 Å². The maximum atomic E-state index is 6.14. The lowest BCUT2D eigenvalue weighted by atomic mass is 10.2. The summed E-state index contributed by atoms with van der Waals surface area (Å²) in [6, 6.07) is 13.8. The Balaban J connectivity index is 1.45. The maximum absolute atomic E-state index is 6.14. The van der Waals surface area contributed by atoms with Gasteiger partial charge in [-0.2, -0.15) is 4.52 Å². The zero-order chi connectivity index (χ0) is 22.8. The molecule has 5 aromatic rings. The monoisotopic (exact) mass is 443 g/mol. The Labute approximate surface area is 191 Å². The van der Waals surface area contributed by atoms with Crippen LogP contribution in [-0.4, -0.2) is 47.9 Å². The molecule has 4 heterocycles. The second-order valence-electron chi connectivity index (χ2n) is 7.84. The van der Waals surface area contributed by atoms with Crippen molar-refractivity contribution in [1.29, 1.82) is 0 Å². The molecule has 0 saturated heterocycles. The second kappa shape index (κ2) is 8.95. The smallest absolute Gasteiger partial charge is 0.240 e. The van der Waals surface area contributed by atoms with E-state index in [1.165, 1.54) is 5.56 Å². The number of hydrogen-bond acceptors (Lipinski definition) is 8. The van der Waals surface area contributed by atoms with Gasteiger partial charge < -0.3 is 9.26 Å². The van der Waals surface area contributed by atoms with Gasteiger partial charge >= 0.3 is 0 Å². The Bertz CT molecular complexity index is 1390. The van der Waals surface area contributed by atoms with E-state index in [-0.39, 0.29) is 0 Å². The molecule has 33 heavy (non-hydrogen) atoms. The third kappa shape index (κ3) is 4.14. The molecule has 0 saturated carbocycles. The third-order valence-electron chi connectivity index (χ3n) is 5.63. The minimum absolute atomic E-state index is 0.300. The van der Waals surface area contributed by atoms with Gasteiger partial charge in [0.15, 0.2) is 11.3 Å². The molecule has 5 rings (SSSR count). The van der Waals surface area contributed by atoms with Gasteiger partial charge in [0.05, 0.1) is 5.69 Å². The molecule has 9 heteroatoms. The quantitative estimate of drug-likeness (QED) is 0.354. The van der Waals surface area contributed by atoms with Crippen LogP contribution >= 0.6 is 0 Å². The normalized spacial score (nSPS) is 11.6. The van der Waals surface area contributed by atoms with Gasteiger partial charge in [0.2, 0.25) is 11.7 Å². The van der Waals surface area contributed by atoms with E-state index in [9.17, 15) is 0 Å². The van der Waals surface area contributed by atoms with E-state index in [1.54, 1.807) is 10.6 Å². The molecule has 9 nitrogen and oxygen atoms in total. The summed E-state index contributed by atoms with van der Waals surface area (Å²) < 4.78 is 13.0. The van der Waals surface area contributed by atoms with Crippen molar-refractivity contribution in [3.05, 3.63) is 65.7 Å². The molecule has 0 unspecified atom stereocenters. The zero-order valence-electron chi connectivity index (χ0n) is 18.9. The van der Waals surface area contributed by atoms with Crippen LogP contribution in [0.2, 0.25) is 0 Å². The Hall–Kier alpha value is -3.85. The molecule has 0 radical (unpaired) electrons. The van der Waals surface area contributed by atoms with Gasteiger partial charge in [-0.05, 0) is 37.7 Å². The Kier molecular flexibility index (Phi) is 5.70. The summed E-state index contributed by atoms with van der Waals surface area (Å²) in [5, 5.41) is 19.1. The average molecular weight is 444 g/mol. The molecule has 0 bridgehead atoms. The van der Waals surface area contributed by atoms with E-state index in [1.807, 2.05) is 43.5 Å². The Morgan fingerprint density at radius 1 is 1.03 bits per heavy atom. The van der Waals surface area contributed by atoms with Crippen molar-refractivity contribution in [3.8, 4) is 17.4 Å². The fraction of sp³-hybridized carbons (Fsp3) is 0.292. The predicted molar refractivity (Wildman–Crippen MR) is 124 cm³/mol. The maximum Gasteiger partial charge on any atom is 0.240 e. The predicted octanol–water partition coefficient (Wildman–Crippen LogP) is 4.06. The van der Waals surface area contributed by atoms with Crippen molar-refractivity contribution < 1.29 is 9.26 Å². The summed E-state index contributed by atoms with van der Waals surface area (Å²) in [4.78, 5) is 6.94. The number of rotatable bonds is 8. The first-order chi connectivity index (χ1) is 16.2. The van der Waals surface area contributed by atoms with Crippen LogP contribution in [0.25, 0.3) is 27.9 Å². The van der Waals surface area contributed by atoms with E-state index in [4.69, 9.17) is 14.4 Å².